The molecule has 1 N–H and O–H groups in total. The number of piperazine rings is 1. The Bertz CT molecular complexity index is 225. The third-order valence-corrected chi connectivity index (χ3v) is 3.49. The summed E-state index contributed by atoms with van der Waals surface area (Å²) in [6, 6.07) is 0. The van der Waals surface area contributed by atoms with Crippen LogP contribution in [0.15, 0.2) is 0 Å². The van der Waals surface area contributed by atoms with Gasteiger partial charge in [0.25, 0.3) is 0 Å². The quantitative estimate of drug-likeness (QED) is 0.623. The van der Waals surface area contributed by atoms with E-state index in [1.54, 1.807) is 6.92 Å². The van der Waals surface area contributed by atoms with E-state index >= 15 is 0 Å². The molecular formula is C14H29N3O. The van der Waals surface area contributed by atoms with Crippen LogP contribution in [0, 0.1) is 0 Å². The van der Waals surface area contributed by atoms with Crippen LogP contribution in [-0.2, 0) is 4.79 Å². The molecule has 0 atom stereocenters. The maximum atomic E-state index is 11.0. The summed E-state index contributed by atoms with van der Waals surface area (Å²) < 4.78 is 0. The van der Waals surface area contributed by atoms with Crippen LogP contribution < -0.4 is 5.32 Å². The summed E-state index contributed by atoms with van der Waals surface area (Å²) in [5.41, 5.74) is 0. The highest BCUT2D eigenvalue weighted by atomic mass is 16.1. The van der Waals surface area contributed by atoms with Gasteiger partial charge in [-0.05, 0) is 39.4 Å². The highest BCUT2D eigenvalue weighted by Crippen LogP contribution is 2.04. The van der Waals surface area contributed by atoms with Gasteiger partial charge in [0, 0.05) is 26.2 Å². The lowest BCUT2D eigenvalue weighted by molar-refractivity contribution is -0.118. The van der Waals surface area contributed by atoms with E-state index in [-0.39, 0.29) is 5.78 Å². The summed E-state index contributed by atoms with van der Waals surface area (Å²) in [4.78, 5) is 15.8. The van der Waals surface area contributed by atoms with Gasteiger partial charge in [-0.1, -0.05) is 13.3 Å². The molecule has 1 heterocycles. The van der Waals surface area contributed by atoms with Crippen LogP contribution in [0.25, 0.3) is 0 Å². The lowest BCUT2D eigenvalue weighted by Crippen LogP contribution is -2.47. The highest BCUT2D eigenvalue weighted by Gasteiger charge is 2.16. The monoisotopic (exact) mass is 255 g/mol. The predicted octanol–water partition coefficient (Wildman–Crippen LogP) is 0.973. The fraction of sp³-hybridized carbons (Fsp3) is 0.929. The summed E-state index contributed by atoms with van der Waals surface area (Å²) in [6.07, 6.45) is 3.91. The highest BCUT2D eigenvalue weighted by molar-refractivity contribution is 5.77. The van der Waals surface area contributed by atoms with E-state index in [9.17, 15) is 4.79 Å². The topological polar surface area (TPSA) is 35.6 Å². The Kier molecular flexibility index (Phi) is 8.22. The molecule has 0 bridgehead atoms. The third kappa shape index (κ3) is 7.09. The molecule has 106 valence electrons. The van der Waals surface area contributed by atoms with Crippen molar-refractivity contribution in [2.45, 2.75) is 33.1 Å². The summed E-state index contributed by atoms with van der Waals surface area (Å²) in [7, 11) is 0. The van der Waals surface area contributed by atoms with Crippen molar-refractivity contribution in [1.29, 1.82) is 0 Å². The molecule has 18 heavy (non-hydrogen) atoms. The average Bonchev–Trinajstić information content (AvgIpc) is 2.35. The fourth-order valence-electron chi connectivity index (χ4n) is 2.42. The Balaban J connectivity index is 1.97. The van der Waals surface area contributed by atoms with E-state index in [2.05, 4.69) is 22.0 Å². The Morgan fingerprint density at radius 1 is 1.06 bits per heavy atom. The molecule has 0 aliphatic carbocycles. The number of unbranched alkanes of at least 4 members (excludes halogenated alkanes) is 2. The number of rotatable bonds is 9. The first-order valence-electron chi connectivity index (χ1n) is 7.37. The van der Waals surface area contributed by atoms with Crippen LogP contribution in [-0.4, -0.2) is 67.9 Å². The Morgan fingerprint density at radius 2 is 1.72 bits per heavy atom. The molecule has 0 aromatic rings. The average molecular weight is 255 g/mol. The second kappa shape index (κ2) is 9.48. The second-order valence-electron chi connectivity index (χ2n) is 5.23. The molecule has 0 unspecified atom stereocenters. The summed E-state index contributed by atoms with van der Waals surface area (Å²) >= 11 is 0. The minimum atomic E-state index is 0.284. The van der Waals surface area contributed by atoms with Gasteiger partial charge < -0.3 is 10.2 Å². The van der Waals surface area contributed by atoms with E-state index < -0.39 is 0 Å². The van der Waals surface area contributed by atoms with E-state index in [1.165, 1.54) is 25.8 Å². The molecule has 0 saturated carbocycles. The standard InChI is InChI=1S/C14H29N3O/c1-3-15-7-5-4-6-8-16-9-11-17(12-10-16)13-14(2)18/h15H,3-13H2,1-2H3. The van der Waals surface area contributed by atoms with Gasteiger partial charge in [-0.15, -0.1) is 0 Å². The first-order chi connectivity index (χ1) is 8.72. The van der Waals surface area contributed by atoms with Gasteiger partial charge >= 0.3 is 0 Å². The van der Waals surface area contributed by atoms with Gasteiger partial charge in [-0.25, -0.2) is 0 Å². The van der Waals surface area contributed by atoms with Gasteiger partial charge in [0.15, 0.2) is 0 Å². The maximum absolute atomic E-state index is 11.0. The first-order valence-corrected chi connectivity index (χ1v) is 7.37. The zero-order valence-electron chi connectivity index (χ0n) is 12.1. The van der Waals surface area contributed by atoms with E-state index in [0.29, 0.717) is 6.54 Å². The molecule has 1 fully saturated rings. The Hall–Kier alpha value is -0.450. The maximum Gasteiger partial charge on any atom is 0.143 e. The molecule has 4 heteroatoms. The number of carbonyl (C=O) groups is 1. The van der Waals surface area contributed by atoms with Crippen molar-refractivity contribution in [3.63, 3.8) is 0 Å². The number of carbonyl (C=O) groups excluding carboxylic acids is 1. The molecule has 1 saturated heterocycles. The van der Waals surface area contributed by atoms with Crippen molar-refractivity contribution in [1.82, 2.24) is 15.1 Å². The fourth-order valence-corrected chi connectivity index (χ4v) is 2.42. The van der Waals surface area contributed by atoms with Gasteiger partial charge in [-0.2, -0.15) is 0 Å². The van der Waals surface area contributed by atoms with Crippen LogP contribution in [0.4, 0.5) is 0 Å². The van der Waals surface area contributed by atoms with Crippen molar-refractivity contribution in [2.75, 3.05) is 52.4 Å². The van der Waals surface area contributed by atoms with Gasteiger partial charge in [0.1, 0.15) is 5.78 Å². The molecule has 0 aromatic carbocycles. The minimum Gasteiger partial charge on any atom is -0.317 e. The molecule has 0 radical (unpaired) electrons. The van der Waals surface area contributed by atoms with Crippen molar-refractivity contribution < 1.29 is 4.79 Å². The third-order valence-electron chi connectivity index (χ3n) is 3.49. The molecule has 1 aliphatic heterocycles. The summed E-state index contributed by atoms with van der Waals surface area (Å²) in [5.74, 6) is 0.284. The normalized spacial score (nSPS) is 18.1. The number of Topliss-reactive ketones (excluding diaryl/α,β-unsaturated/α-hetero) is 1. The zero-order valence-corrected chi connectivity index (χ0v) is 12.1. The lowest BCUT2D eigenvalue weighted by Gasteiger charge is -2.34. The number of ketones is 1. The predicted molar refractivity (Wildman–Crippen MR) is 76.0 cm³/mol. The molecular weight excluding hydrogens is 226 g/mol. The van der Waals surface area contributed by atoms with Crippen LogP contribution in [0.3, 0.4) is 0 Å². The van der Waals surface area contributed by atoms with Crippen LogP contribution in [0.2, 0.25) is 0 Å². The molecule has 1 aliphatic rings. The zero-order chi connectivity index (χ0) is 13.2. The molecule has 0 aromatic heterocycles. The lowest BCUT2D eigenvalue weighted by atomic mass is 10.2. The van der Waals surface area contributed by atoms with Crippen molar-refractivity contribution in [3.05, 3.63) is 0 Å². The van der Waals surface area contributed by atoms with Gasteiger partial charge in [0.05, 0.1) is 6.54 Å². The molecule has 4 nitrogen and oxygen atoms in total. The van der Waals surface area contributed by atoms with Crippen molar-refractivity contribution in [2.24, 2.45) is 0 Å². The number of nitrogens with zero attached hydrogens (tertiary/aromatic N) is 2. The minimum absolute atomic E-state index is 0.284. The SMILES string of the molecule is CCNCCCCCN1CCN(CC(C)=O)CC1. The van der Waals surface area contributed by atoms with E-state index in [0.717, 1.165) is 39.3 Å². The van der Waals surface area contributed by atoms with Gasteiger partial charge in [-0.3, -0.25) is 9.69 Å². The Morgan fingerprint density at radius 3 is 2.33 bits per heavy atom. The summed E-state index contributed by atoms with van der Waals surface area (Å²) in [5, 5.41) is 3.36. The van der Waals surface area contributed by atoms with Crippen molar-refractivity contribution in [3.8, 4) is 0 Å². The Labute approximate surface area is 112 Å². The molecule has 1 rings (SSSR count). The number of hydrogen-bond acceptors (Lipinski definition) is 4. The second-order valence-corrected chi connectivity index (χ2v) is 5.23. The van der Waals surface area contributed by atoms with Crippen LogP contribution in [0.1, 0.15) is 33.1 Å². The first kappa shape index (κ1) is 15.6. The molecule has 0 amide bonds. The van der Waals surface area contributed by atoms with Gasteiger partial charge in [0.2, 0.25) is 0 Å². The van der Waals surface area contributed by atoms with Crippen LogP contribution >= 0.6 is 0 Å². The van der Waals surface area contributed by atoms with Crippen molar-refractivity contribution >= 4 is 5.78 Å². The smallest absolute Gasteiger partial charge is 0.143 e. The largest absolute Gasteiger partial charge is 0.317 e. The number of nitrogens with one attached hydrogen (secondary N) is 1. The van der Waals surface area contributed by atoms with E-state index in [4.69, 9.17) is 0 Å². The van der Waals surface area contributed by atoms with Crippen LogP contribution in [0.5, 0.6) is 0 Å². The molecule has 0 spiro atoms. The van der Waals surface area contributed by atoms with E-state index in [1.807, 2.05) is 0 Å². The summed E-state index contributed by atoms with van der Waals surface area (Å²) in [6.45, 7) is 12.3. The number of hydrogen-bond donors (Lipinski definition) is 1.